The molecule has 0 bridgehead atoms. The molecule has 0 N–H and O–H groups in total. The molecule has 0 saturated carbocycles. The molecule has 0 aliphatic carbocycles. The smallest absolute Gasteiger partial charge is 0.127 e. The Bertz CT molecular complexity index is 235. The van der Waals surface area contributed by atoms with Crippen molar-refractivity contribution in [3.05, 3.63) is 24.4 Å². The first-order valence-corrected chi connectivity index (χ1v) is 4.96. The van der Waals surface area contributed by atoms with E-state index < -0.39 is 10.8 Å². The lowest BCUT2D eigenvalue weighted by atomic mass is 10.5. The van der Waals surface area contributed by atoms with Gasteiger partial charge in [0.2, 0.25) is 0 Å². The Morgan fingerprint density at radius 3 is 2.91 bits per heavy atom. The maximum atomic E-state index is 11.3. The summed E-state index contributed by atoms with van der Waals surface area (Å²) >= 11 is 0. The highest BCUT2D eigenvalue weighted by Gasteiger charge is 2.00. The van der Waals surface area contributed by atoms with E-state index in [-0.39, 0.29) is 0 Å². The number of nitrogens with zero attached hydrogens (tertiary/aromatic N) is 1. The highest BCUT2D eigenvalue weighted by atomic mass is 32.2. The van der Waals surface area contributed by atoms with Crippen molar-refractivity contribution in [3.63, 3.8) is 0 Å². The summed E-state index contributed by atoms with van der Waals surface area (Å²) in [6.45, 7) is 2.01. The van der Waals surface area contributed by atoms with Gasteiger partial charge in [-0.25, -0.2) is 4.98 Å². The molecule has 2 nitrogen and oxygen atoms in total. The lowest BCUT2D eigenvalue weighted by molar-refractivity contribution is 0.679. The third kappa shape index (κ3) is 2.42. The van der Waals surface area contributed by atoms with E-state index in [0.717, 1.165) is 6.42 Å². The highest BCUT2D eigenvalue weighted by molar-refractivity contribution is 7.84. The lowest BCUT2D eigenvalue weighted by Gasteiger charge is -1.96. The van der Waals surface area contributed by atoms with E-state index in [1.807, 2.05) is 19.1 Å². The second-order valence-electron chi connectivity index (χ2n) is 2.22. The molecule has 1 rings (SSSR count). The van der Waals surface area contributed by atoms with Crippen LogP contribution in [0.15, 0.2) is 29.4 Å². The largest absolute Gasteiger partial charge is 0.253 e. The van der Waals surface area contributed by atoms with Crippen molar-refractivity contribution in [1.82, 2.24) is 4.98 Å². The van der Waals surface area contributed by atoms with E-state index in [0.29, 0.717) is 10.8 Å². The number of hydrogen-bond donors (Lipinski definition) is 0. The SMILES string of the molecule is CCCS(=O)c1ccccn1. The topological polar surface area (TPSA) is 30.0 Å². The van der Waals surface area contributed by atoms with Gasteiger partial charge in [0, 0.05) is 11.9 Å². The van der Waals surface area contributed by atoms with Gasteiger partial charge in [-0.05, 0) is 18.6 Å². The third-order valence-corrected chi connectivity index (χ3v) is 2.75. The van der Waals surface area contributed by atoms with Crippen LogP contribution in [0.1, 0.15) is 13.3 Å². The van der Waals surface area contributed by atoms with Gasteiger partial charge in [0.05, 0.1) is 10.8 Å². The van der Waals surface area contributed by atoms with E-state index in [4.69, 9.17) is 0 Å². The first-order valence-electron chi connectivity index (χ1n) is 3.64. The summed E-state index contributed by atoms with van der Waals surface area (Å²) in [4.78, 5) is 4.00. The zero-order chi connectivity index (χ0) is 8.10. The minimum absolute atomic E-state index is 0.689. The Morgan fingerprint density at radius 1 is 1.55 bits per heavy atom. The molecule has 0 aliphatic rings. The van der Waals surface area contributed by atoms with Gasteiger partial charge in [0.25, 0.3) is 0 Å². The summed E-state index contributed by atoms with van der Waals surface area (Å²) in [6.07, 6.45) is 2.60. The molecule has 1 unspecified atom stereocenters. The molecule has 0 aromatic carbocycles. The van der Waals surface area contributed by atoms with Gasteiger partial charge in [0.15, 0.2) is 0 Å². The van der Waals surface area contributed by atoms with E-state index in [9.17, 15) is 4.21 Å². The maximum Gasteiger partial charge on any atom is 0.127 e. The summed E-state index contributed by atoms with van der Waals surface area (Å²) in [6, 6.07) is 5.48. The molecule has 11 heavy (non-hydrogen) atoms. The zero-order valence-corrected chi connectivity index (χ0v) is 7.30. The maximum absolute atomic E-state index is 11.3. The van der Waals surface area contributed by atoms with Crippen LogP contribution >= 0.6 is 0 Å². The second-order valence-corrected chi connectivity index (χ2v) is 3.74. The third-order valence-electron chi connectivity index (χ3n) is 1.26. The van der Waals surface area contributed by atoms with Gasteiger partial charge in [0.1, 0.15) is 5.03 Å². The molecule has 1 heterocycles. The standard InChI is InChI=1S/C8H11NOS/c1-2-7-11(10)8-5-3-4-6-9-8/h3-6H,2,7H2,1H3. The number of hydrogen-bond acceptors (Lipinski definition) is 2. The van der Waals surface area contributed by atoms with Gasteiger partial charge in [-0.15, -0.1) is 0 Å². The predicted molar refractivity (Wildman–Crippen MR) is 45.8 cm³/mol. The molecule has 60 valence electrons. The summed E-state index contributed by atoms with van der Waals surface area (Å²) in [5, 5.41) is 0.689. The molecule has 0 spiro atoms. The van der Waals surface area contributed by atoms with Crippen LogP contribution in [0.3, 0.4) is 0 Å². The normalized spacial score (nSPS) is 12.8. The van der Waals surface area contributed by atoms with Crippen LogP contribution in [-0.2, 0) is 10.8 Å². The van der Waals surface area contributed by atoms with Crippen molar-refractivity contribution >= 4 is 10.8 Å². The fraction of sp³-hybridized carbons (Fsp3) is 0.375. The molecular weight excluding hydrogens is 158 g/mol. The van der Waals surface area contributed by atoms with Crippen molar-refractivity contribution < 1.29 is 4.21 Å². The first-order chi connectivity index (χ1) is 5.34. The van der Waals surface area contributed by atoms with Crippen LogP contribution in [-0.4, -0.2) is 14.9 Å². The lowest BCUT2D eigenvalue weighted by Crippen LogP contribution is -1.98. The van der Waals surface area contributed by atoms with Gasteiger partial charge in [-0.1, -0.05) is 13.0 Å². The summed E-state index contributed by atoms with van der Waals surface area (Å²) < 4.78 is 11.3. The van der Waals surface area contributed by atoms with Crippen molar-refractivity contribution in [2.75, 3.05) is 5.75 Å². The van der Waals surface area contributed by atoms with Crippen LogP contribution in [0.5, 0.6) is 0 Å². The van der Waals surface area contributed by atoms with Crippen molar-refractivity contribution in [2.24, 2.45) is 0 Å². The molecule has 1 atom stereocenters. The molecule has 0 aliphatic heterocycles. The number of pyridine rings is 1. The molecule has 1 aromatic rings. The highest BCUT2D eigenvalue weighted by Crippen LogP contribution is 2.01. The predicted octanol–water partition coefficient (Wildman–Crippen LogP) is 1.60. The second kappa shape index (κ2) is 4.23. The first kappa shape index (κ1) is 8.40. The average Bonchev–Trinajstić information content (AvgIpc) is 2.07. The van der Waals surface area contributed by atoms with Gasteiger partial charge >= 0.3 is 0 Å². The van der Waals surface area contributed by atoms with Crippen LogP contribution < -0.4 is 0 Å². The van der Waals surface area contributed by atoms with E-state index >= 15 is 0 Å². The number of aromatic nitrogens is 1. The van der Waals surface area contributed by atoms with Crippen molar-refractivity contribution in [2.45, 2.75) is 18.4 Å². The van der Waals surface area contributed by atoms with Crippen LogP contribution in [0.4, 0.5) is 0 Å². The Morgan fingerprint density at radius 2 is 2.36 bits per heavy atom. The molecule has 0 radical (unpaired) electrons. The molecular formula is C8H11NOS. The van der Waals surface area contributed by atoms with Crippen LogP contribution in [0, 0.1) is 0 Å². The molecule has 0 amide bonds. The number of rotatable bonds is 3. The van der Waals surface area contributed by atoms with Gasteiger partial charge < -0.3 is 0 Å². The van der Waals surface area contributed by atoms with E-state index in [1.165, 1.54) is 0 Å². The Hall–Kier alpha value is -0.700. The van der Waals surface area contributed by atoms with Crippen LogP contribution in [0.25, 0.3) is 0 Å². The summed E-state index contributed by atoms with van der Waals surface area (Å²) in [7, 11) is -0.895. The summed E-state index contributed by atoms with van der Waals surface area (Å²) in [5.41, 5.74) is 0. The fourth-order valence-electron chi connectivity index (χ4n) is 0.772. The molecule has 0 saturated heterocycles. The monoisotopic (exact) mass is 169 g/mol. The zero-order valence-electron chi connectivity index (χ0n) is 6.49. The average molecular weight is 169 g/mol. The van der Waals surface area contributed by atoms with Crippen molar-refractivity contribution in [1.29, 1.82) is 0 Å². The molecule has 1 aromatic heterocycles. The minimum atomic E-state index is -0.895. The quantitative estimate of drug-likeness (QED) is 0.688. The molecule has 3 heteroatoms. The fourth-order valence-corrected chi connectivity index (χ4v) is 1.76. The van der Waals surface area contributed by atoms with Crippen LogP contribution in [0.2, 0.25) is 0 Å². The Balaban J connectivity index is 2.69. The van der Waals surface area contributed by atoms with Crippen molar-refractivity contribution in [3.8, 4) is 0 Å². The van der Waals surface area contributed by atoms with Gasteiger partial charge in [-0.3, -0.25) is 4.21 Å². The van der Waals surface area contributed by atoms with Gasteiger partial charge in [-0.2, -0.15) is 0 Å². The summed E-state index contributed by atoms with van der Waals surface area (Å²) in [5.74, 6) is 0.705. The van der Waals surface area contributed by atoms with E-state index in [2.05, 4.69) is 4.98 Å². The minimum Gasteiger partial charge on any atom is -0.253 e. The van der Waals surface area contributed by atoms with E-state index in [1.54, 1.807) is 12.3 Å². The molecule has 0 fully saturated rings. The Labute approximate surface area is 69.1 Å². The Kier molecular flexibility index (Phi) is 3.23.